The molecule has 0 bridgehead atoms. The summed E-state index contributed by atoms with van der Waals surface area (Å²) in [5, 5.41) is 0. The Balaban J connectivity index is 1.47. The Morgan fingerprint density at radius 3 is 2.02 bits per heavy atom. The molecule has 0 saturated heterocycles. The number of rotatable bonds is 8. The molecule has 6 rings (SSSR count). The van der Waals surface area contributed by atoms with E-state index in [-0.39, 0.29) is 34.8 Å². The van der Waals surface area contributed by atoms with Crippen molar-refractivity contribution in [3.8, 4) is 11.5 Å². The second kappa shape index (κ2) is 12.5. The molecule has 0 fully saturated rings. The van der Waals surface area contributed by atoms with Gasteiger partial charge in [0.25, 0.3) is 0 Å². The molecule has 0 aromatic heterocycles. The van der Waals surface area contributed by atoms with Crippen molar-refractivity contribution < 1.29 is 23.5 Å². The van der Waals surface area contributed by atoms with Crippen LogP contribution < -0.4 is 9.47 Å². The maximum absolute atomic E-state index is 14.2. The van der Waals surface area contributed by atoms with Crippen molar-refractivity contribution in [2.45, 2.75) is 72.3 Å². The summed E-state index contributed by atoms with van der Waals surface area (Å²) in [5.41, 5.74) is 5.83. The second-order valence-corrected chi connectivity index (χ2v) is 15.2. The van der Waals surface area contributed by atoms with E-state index in [2.05, 4.69) is 60.7 Å². The smallest absolute Gasteiger partial charge is 0.175 e. The predicted molar refractivity (Wildman–Crippen MR) is 181 cm³/mol. The number of hydrogen-bond acceptors (Lipinski definition) is 5. The average molecular weight is 687 g/mol. The molecule has 0 N–H and O–H groups in total. The first-order valence-corrected chi connectivity index (χ1v) is 16.7. The van der Waals surface area contributed by atoms with Crippen LogP contribution in [0.5, 0.6) is 11.5 Å². The summed E-state index contributed by atoms with van der Waals surface area (Å²) in [6, 6.07) is 20.5. The van der Waals surface area contributed by atoms with Crippen molar-refractivity contribution in [1.29, 1.82) is 0 Å². The summed E-state index contributed by atoms with van der Waals surface area (Å²) in [5.74, 6) is 0.299. The van der Waals surface area contributed by atoms with E-state index in [1.165, 1.54) is 17.7 Å². The Hall–Kier alpha value is -3.71. The molecule has 240 valence electrons. The van der Waals surface area contributed by atoms with Crippen molar-refractivity contribution in [3.63, 3.8) is 0 Å². The quantitative estimate of drug-likeness (QED) is 0.237. The third kappa shape index (κ3) is 6.44. The molecule has 1 heterocycles. The van der Waals surface area contributed by atoms with E-state index < -0.39 is 5.92 Å². The fourth-order valence-electron chi connectivity index (χ4n) is 7.37. The van der Waals surface area contributed by atoms with Gasteiger partial charge in [0.05, 0.1) is 11.6 Å². The minimum absolute atomic E-state index is 0.0895. The molecule has 0 amide bonds. The highest BCUT2D eigenvalue weighted by Crippen LogP contribution is 2.55. The summed E-state index contributed by atoms with van der Waals surface area (Å²) in [4.78, 5) is 30.8. The lowest BCUT2D eigenvalue weighted by Gasteiger charge is -2.49. The van der Waals surface area contributed by atoms with Crippen LogP contribution in [0.2, 0.25) is 0 Å². The molecule has 5 nitrogen and oxygen atoms in total. The van der Waals surface area contributed by atoms with Gasteiger partial charge in [-0.25, -0.2) is 4.39 Å². The number of benzene rings is 3. The number of carbonyl (C=O) groups excluding carboxylic acids is 2. The highest BCUT2D eigenvalue weighted by molar-refractivity contribution is 9.10. The van der Waals surface area contributed by atoms with Gasteiger partial charge in [-0.1, -0.05) is 70.2 Å². The van der Waals surface area contributed by atoms with Crippen LogP contribution in [-0.4, -0.2) is 30.1 Å². The third-order valence-corrected chi connectivity index (χ3v) is 9.94. The normalized spacial score (nSPS) is 19.2. The van der Waals surface area contributed by atoms with Crippen LogP contribution in [-0.2, 0) is 22.6 Å². The number of ether oxygens (including phenoxy) is 2. The number of halogens is 2. The summed E-state index contributed by atoms with van der Waals surface area (Å²) in [7, 11) is 1.57. The number of ketones is 2. The van der Waals surface area contributed by atoms with Crippen LogP contribution in [0.3, 0.4) is 0 Å². The van der Waals surface area contributed by atoms with Gasteiger partial charge < -0.3 is 14.4 Å². The minimum Gasteiger partial charge on any atom is -0.493 e. The molecule has 0 radical (unpaired) electrons. The van der Waals surface area contributed by atoms with Gasteiger partial charge in [0.15, 0.2) is 23.1 Å². The van der Waals surface area contributed by atoms with E-state index in [0.717, 1.165) is 47.4 Å². The SMILES string of the molecule is COc1cc(C2C3=C(CC(C)(C)CC3=O)N(CCc3ccccc3)C3=C2C(=O)CC(C)(C)C3)cc(Br)c1OCc1cccc(F)c1. The molecule has 7 heteroatoms. The predicted octanol–water partition coefficient (Wildman–Crippen LogP) is 9.10. The van der Waals surface area contributed by atoms with Gasteiger partial charge in [0.2, 0.25) is 0 Å². The van der Waals surface area contributed by atoms with Crippen LogP contribution in [0.4, 0.5) is 4.39 Å². The number of hydrogen-bond donors (Lipinski definition) is 0. The molecule has 3 aromatic carbocycles. The number of allylic oxidation sites excluding steroid dienone is 4. The first-order valence-electron chi connectivity index (χ1n) is 15.9. The highest BCUT2D eigenvalue weighted by Gasteiger charge is 2.49. The Morgan fingerprint density at radius 2 is 1.43 bits per heavy atom. The van der Waals surface area contributed by atoms with E-state index in [9.17, 15) is 14.0 Å². The Bertz CT molecular complexity index is 1700. The monoisotopic (exact) mass is 685 g/mol. The van der Waals surface area contributed by atoms with Crippen LogP contribution in [0.25, 0.3) is 0 Å². The zero-order valence-electron chi connectivity index (χ0n) is 27.2. The molecular weight excluding hydrogens is 645 g/mol. The van der Waals surface area contributed by atoms with Crippen molar-refractivity contribution >= 4 is 27.5 Å². The Morgan fingerprint density at radius 1 is 0.826 bits per heavy atom. The molecule has 0 spiro atoms. The first-order chi connectivity index (χ1) is 21.9. The van der Waals surface area contributed by atoms with Crippen molar-refractivity contribution in [2.75, 3.05) is 13.7 Å². The van der Waals surface area contributed by atoms with Crippen LogP contribution in [0.15, 0.2) is 93.7 Å². The van der Waals surface area contributed by atoms with Crippen molar-refractivity contribution in [1.82, 2.24) is 4.90 Å². The number of nitrogens with zero attached hydrogens (tertiary/aromatic N) is 1. The molecular formula is C39H41BrFNO4. The lowest BCUT2D eigenvalue weighted by Crippen LogP contribution is -2.45. The summed E-state index contributed by atoms with van der Waals surface area (Å²) in [6.07, 6.45) is 3.14. The van der Waals surface area contributed by atoms with Gasteiger partial charge in [0.1, 0.15) is 12.4 Å². The minimum atomic E-state index is -0.507. The van der Waals surface area contributed by atoms with E-state index in [1.54, 1.807) is 19.2 Å². The lowest BCUT2D eigenvalue weighted by molar-refractivity contribution is -0.119. The van der Waals surface area contributed by atoms with E-state index in [4.69, 9.17) is 9.47 Å². The van der Waals surface area contributed by atoms with Gasteiger partial charge in [-0.3, -0.25) is 9.59 Å². The highest BCUT2D eigenvalue weighted by atomic mass is 79.9. The van der Waals surface area contributed by atoms with E-state index >= 15 is 0 Å². The van der Waals surface area contributed by atoms with Gasteiger partial charge in [0, 0.05) is 47.8 Å². The molecule has 0 saturated carbocycles. The van der Waals surface area contributed by atoms with Crippen LogP contribution in [0, 0.1) is 16.6 Å². The standard InChI is InChI=1S/C39H41BrFNO4/c1-38(2)19-29-35(31(43)21-38)34(26-17-28(40)37(33(18-26)45-5)46-23-25-12-9-13-27(41)16-25)36-30(20-39(3,4)22-32(36)44)42(29)15-14-24-10-7-6-8-11-24/h6-13,16-18,34H,14-15,19-23H2,1-5H3. The van der Waals surface area contributed by atoms with E-state index in [0.29, 0.717) is 40.9 Å². The fraction of sp³-hybridized carbons (Fsp3) is 0.385. The fourth-order valence-corrected chi connectivity index (χ4v) is 7.94. The molecule has 3 aromatic rings. The van der Waals surface area contributed by atoms with Crippen molar-refractivity contribution in [3.05, 3.63) is 116 Å². The molecule has 0 atom stereocenters. The molecule has 1 aliphatic heterocycles. The number of methoxy groups -OCH3 is 1. The lowest BCUT2D eigenvalue weighted by atomic mass is 9.63. The van der Waals surface area contributed by atoms with Crippen LogP contribution >= 0.6 is 15.9 Å². The zero-order valence-corrected chi connectivity index (χ0v) is 28.8. The molecule has 2 aliphatic carbocycles. The largest absolute Gasteiger partial charge is 0.493 e. The molecule has 46 heavy (non-hydrogen) atoms. The molecule has 0 unspecified atom stereocenters. The van der Waals surface area contributed by atoms with Gasteiger partial charge in [-0.15, -0.1) is 0 Å². The zero-order chi connectivity index (χ0) is 32.8. The second-order valence-electron chi connectivity index (χ2n) is 14.4. The number of Topliss-reactive ketones (excluding diaryl/α,β-unsaturated/α-hetero) is 2. The Labute approximate surface area is 279 Å². The van der Waals surface area contributed by atoms with Crippen LogP contribution in [0.1, 0.15) is 76.0 Å². The Kier molecular flexibility index (Phi) is 8.75. The summed E-state index contributed by atoms with van der Waals surface area (Å²) >= 11 is 3.71. The van der Waals surface area contributed by atoms with Gasteiger partial charge in [-0.2, -0.15) is 0 Å². The average Bonchev–Trinajstić information content (AvgIpc) is 2.98. The summed E-state index contributed by atoms with van der Waals surface area (Å²) in [6.45, 7) is 9.47. The number of carbonyl (C=O) groups is 2. The van der Waals surface area contributed by atoms with E-state index in [1.807, 2.05) is 30.3 Å². The van der Waals surface area contributed by atoms with Gasteiger partial charge in [-0.05, 0) is 87.0 Å². The third-order valence-electron chi connectivity index (χ3n) is 9.35. The van der Waals surface area contributed by atoms with Gasteiger partial charge >= 0.3 is 0 Å². The molecule has 3 aliphatic rings. The maximum atomic E-state index is 14.2. The first kappa shape index (κ1) is 32.2. The summed E-state index contributed by atoms with van der Waals surface area (Å²) < 4.78 is 26.4. The maximum Gasteiger partial charge on any atom is 0.175 e. The van der Waals surface area contributed by atoms with Crippen molar-refractivity contribution in [2.24, 2.45) is 10.8 Å². The topological polar surface area (TPSA) is 55.8 Å².